The molecule has 1 heterocycles. The molecular weight excluding hydrogens is 276 g/mol. The van der Waals surface area contributed by atoms with Gasteiger partial charge in [0.1, 0.15) is 0 Å². The number of fused-ring (bicyclic) bond motifs is 1. The van der Waals surface area contributed by atoms with E-state index in [0.717, 1.165) is 5.11 Å². The molecule has 1 atom stereocenters. The Morgan fingerprint density at radius 1 is 1.10 bits per heavy atom. The second-order valence-corrected chi connectivity index (χ2v) is 6.21. The predicted molar refractivity (Wildman–Crippen MR) is 92.8 cm³/mol. The Morgan fingerprint density at radius 2 is 1.81 bits per heavy atom. The lowest BCUT2D eigenvalue weighted by Crippen LogP contribution is -2.49. The SMILES string of the molecule is Cc1ccc2c(c1)N(C(C)C)C(=S)N[C@@H]2c1ccccc1. The number of thiocarbonyl (C=S) groups is 1. The predicted octanol–water partition coefficient (Wildman–Crippen LogP) is 4.19. The lowest BCUT2D eigenvalue weighted by Gasteiger charge is -2.40. The van der Waals surface area contributed by atoms with E-state index in [4.69, 9.17) is 12.2 Å². The van der Waals surface area contributed by atoms with E-state index in [2.05, 4.69) is 73.5 Å². The van der Waals surface area contributed by atoms with E-state index >= 15 is 0 Å². The topological polar surface area (TPSA) is 15.3 Å². The van der Waals surface area contributed by atoms with Gasteiger partial charge in [-0.3, -0.25) is 0 Å². The Labute approximate surface area is 131 Å². The second-order valence-electron chi connectivity index (χ2n) is 5.82. The van der Waals surface area contributed by atoms with Gasteiger partial charge in [0.2, 0.25) is 0 Å². The molecular formula is C18H20N2S. The molecule has 0 amide bonds. The van der Waals surface area contributed by atoms with Gasteiger partial charge in [0, 0.05) is 17.3 Å². The maximum atomic E-state index is 5.61. The van der Waals surface area contributed by atoms with Crippen molar-refractivity contribution in [2.24, 2.45) is 0 Å². The minimum atomic E-state index is 0.129. The first kappa shape index (κ1) is 14.1. The molecule has 0 fully saturated rings. The average molecular weight is 296 g/mol. The molecule has 0 aromatic heterocycles. The van der Waals surface area contributed by atoms with E-state index in [1.54, 1.807) is 0 Å². The molecule has 2 nitrogen and oxygen atoms in total. The highest BCUT2D eigenvalue weighted by Crippen LogP contribution is 2.36. The van der Waals surface area contributed by atoms with Crippen molar-refractivity contribution in [2.45, 2.75) is 32.9 Å². The molecule has 21 heavy (non-hydrogen) atoms. The number of benzene rings is 2. The zero-order chi connectivity index (χ0) is 15.0. The monoisotopic (exact) mass is 296 g/mol. The van der Waals surface area contributed by atoms with E-state index in [1.807, 2.05) is 6.07 Å². The number of rotatable bonds is 2. The van der Waals surface area contributed by atoms with Crippen molar-refractivity contribution in [3.63, 3.8) is 0 Å². The van der Waals surface area contributed by atoms with Crippen LogP contribution in [0.3, 0.4) is 0 Å². The molecule has 2 aromatic rings. The molecule has 1 aliphatic rings. The van der Waals surface area contributed by atoms with E-state index in [-0.39, 0.29) is 6.04 Å². The van der Waals surface area contributed by atoms with Gasteiger partial charge >= 0.3 is 0 Å². The minimum absolute atomic E-state index is 0.129. The summed E-state index contributed by atoms with van der Waals surface area (Å²) in [5.74, 6) is 0. The molecule has 3 heteroatoms. The van der Waals surface area contributed by atoms with Crippen molar-refractivity contribution in [2.75, 3.05) is 4.90 Å². The Morgan fingerprint density at radius 3 is 2.48 bits per heavy atom. The van der Waals surface area contributed by atoms with Gasteiger partial charge in [0.05, 0.1) is 6.04 Å². The highest BCUT2D eigenvalue weighted by atomic mass is 32.1. The van der Waals surface area contributed by atoms with Gasteiger partial charge in [0.15, 0.2) is 5.11 Å². The molecule has 108 valence electrons. The summed E-state index contributed by atoms with van der Waals surface area (Å²) >= 11 is 5.61. The summed E-state index contributed by atoms with van der Waals surface area (Å²) in [6, 6.07) is 17.6. The van der Waals surface area contributed by atoms with Crippen LogP contribution in [0.5, 0.6) is 0 Å². The molecule has 0 radical (unpaired) electrons. The van der Waals surface area contributed by atoms with Crippen LogP contribution < -0.4 is 10.2 Å². The van der Waals surface area contributed by atoms with Crippen LogP contribution in [0.2, 0.25) is 0 Å². The third-order valence-electron chi connectivity index (χ3n) is 3.89. The van der Waals surface area contributed by atoms with Crippen LogP contribution in [0, 0.1) is 6.92 Å². The first-order valence-electron chi connectivity index (χ1n) is 7.33. The van der Waals surface area contributed by atoms with E-state index in [9.17, 15) is 0 Å². The highest BCUT2D eigenvalue weighted by molar-refractivity contribution is 7.80. The Balaban J connectivity index is 2.15. The summed E-state index contributed by atoms with van der Waals surface area (Å²) in [6.45, 7) is 6.47. The molecule has 0 aliphatic carbocycles. The molecule has 0 bridgehead atoms. The molecule has 0 unspecified atom stereocenters. The summed E-state index contributed by atoms with van der Waals surface area (Å²) in [7, 11) is 0. The molecule has 0 saturated carbocycles. The summed E-state index contributed by atoms with van der Waals surface area (Å²) in [6.07, 6.45) is 0. The van der Waals surface area contributed by atoms with Gasteiger partial charge in [-0.05, 0) is 50.2 Å². The first-order valence-corrected chi connectivity index (χ1v) is 7.74. The summed E-state index contributed by atoms with van der Waals surface area (Å²) < 4.78 is 0. The third kappa shape index (κ3) is 2.54. The molecule has 0 saturated heterocycles. The summed E-state index contributed by atoms with van der Waals surface area (Å²) in [4.78, 5) is 2.21. The van der Waals surface area contributed by atoms with Crippen LogP contribution in [0.15, 0.2) is 48.5 Å². The van der Waals surface area contributed by atoms with Gasteiger partial charge in [-0.1, -0.05) is 42.5 Å². The van der Waals surface area contributed by atoms with Crippen LogP contribution in [-0.4, -0.2) is 11.2 Å². The number of hydrogen-bond donors (Lipinski definition) is 1. The van der Waals surface area contributed by atoms with Gasteiger partial charge in [0.25, 0.3) is 0 Å². The van der Waals surface area contributed by atoms with Crippen LogP contribution >= 0.6 is 12.2 Å². The molecule has 1 N–H and O–H groups in total. The number of nitrogens with zero attached hydrogens (tertiary/aromatic N) is 1. The fourth-order valence-electron chi connectivity index (χ4n) is 2.91. The quantitative estimate of drug-likeness (QED) is 0.837. The van der Waals surface area contributed by atoms with Gasteiger partial charge in [-0.15, -0.1) is 0 Å². The number of anilines is 1. The Kier molecular flexibility index (Phi) is 3.68. The molecule has 3 rings (SSSR count). The van der Waals surface area contributed by atoms with E-state index < -0.39 is 0 Å². The first-order chi connectivity index (χ1) is 10.1. The van der Waals surface area contributed by atoms with Crippen molar-refractivity contribution in [3.05, 3.63) is 65.2 Å². The van der Waals surface area contributed by atoms with Crippen molar-refractivity contribution in [1.29, 1.82) is 0 Å². The normalized spacial score (nSPS) is 17.6. The van der Waals surface area contributed by atoms with Crippen LogP contribution in [0.25, 0.3) is 0 Å². The lowest BCUT2D eigenvalue weighted by molar-refractivity contribution is 0.691. The summed E-state index contributed by atoms with van der Waals surface area (Å²) in [5.41, 5.74) is 5.01. The zero-order valence-corrected chi connectivity index (χ0v) is 13.4. The summed E-state index contributed by atoms with van der Waals surface area (Å²) in [5, 5.41) is 4.30. The van der Waals surface area contributed by atoms with E-state index in [0.29, 0.717) is 6.04 Å². The third-order valence-corrected chi connectivity index (χ3v) is 4.21. The maximum absolute atomic E-state index is 5.61. The zero-order valence-electron chi connectivity index (χ0n) is 12.6. The fraction of sp³-hybridized carbons (Fsp3) is 0.278. The standard InChI is InChI=1S/C18H20N2S/c1-12(2)20-16-11-13(3)9-10-15(16)17(19-18(20)21)14-7-5-4-6-8-14/h4-12,17H,1-3H3,(H,19,21)/t17-/m1/s1. The number of nitrogens with one attached hydrogen (secondary N) is 1. The van der Waals surface area contributed by atoms with Crippen molar-refractivity contribution in [3.8, 4) is 0 Å². The van der Waals surface area contributed by atoms with Crippen molar-refractivity contribution in [1.82, 2.24) is 5.32 Å². The van der Waals surface area contributed by atoms with Gasteiger partial charge < -0.3 is 10.2 Å². The second kappa shape index (κ2) is 5.49. The molecule has 0 spiro atoms. The van der Waals surface area contributed by atoms with Crippen molar-refractivity contribution < 1.29 is 0 Å². The lowest BCUT2D eigenvalue weighted by atomic mass is 9.93. The molecule has 1 aliphatic heterocycles. The van der Waals surface area contributed by atoms with E-state index in [1.165, 1.54) is 22.4 Å². The molecule has 2 aromatic carbocycles. The van der Waals surface area contributed by atoms with Gasteiger partial charge in [-0.2, -0.15) is 0 Å². The smallest absolute Gasteiger partial charge is 0.174 e. The average Bonchev–Trinajstić information content (AvgIpc) is 2.46. The number of aryl methyl sites for hydroxylation is 1. The van der Waals surface area contributed by atoms with Crippen LogP contribution in [0.4, 0.5) is 5.69 Å². The maximum Gasteiger partial charge on any atom is 0.174 e. The Bertz CT molecular complexity index is 664. The fourth-order valence-corrected chi connectivity index (χ4v) is 3.33. The van der Waals surface area contributed by atoms with Crippen molar-refractivity contribution >= 4 is 23.0 Å². The largest absolute Gasteiger partial charge is 0.351 e. The minimum Gasteiger partial charge on any atom is -0.351 e. The van der Waals surface area contributed by atoms with Crippen LogP contribution in [-0.2, 0) is 0 Å². The van der Waals surface area contributed by atoms with Crippen LogP contribution in [0.1, 0.15) is 36.6 Å². The van der Waals surface area contributed by atoms with Gasteiger partial charge in [-0.25, -0.2) is 0 Å². The highest BCUT2D eigenvalue weighted by Gasteiger charge is 2.30. The number of hydrogen-bond acceptors (Lipinski definition) is 1. The Hall–Kier alpha value is -1.87.